The third-order valence-corrected chi connectivity index (χ3v) is 13.3. The molecule has 0 aliphatic carbocycles. The second kappa shape index (κ2) is 11.6. The van der Waals surface area contributed by atoms with Crippen LogP contribution >= 0.6 is 0 Å². The molecule has 1 aliphatic rings. The van der Waals surface area contributed by atoms with Crippen LogP contribution in [0.5, 0.6) is 0 Å². The normalized spacial score (nSPS) is 21.0. The monoisotopic (exact) mass is 471 g/mol. The summed E-state index contributed by atoms with van der Waals surface area (Å²) in [5.41, 5.74) is 0. The second-order valence-electron chi connectivity index (χ2n) is 9.22. The Labute approximate surface area is 181 Å². The Morgan fingerprint density at radius 3 is 2.57 bits per heavy atom. The van der Waals surface area contributed by atoms with Gasteiger partial charge in [0.25, 0.3) is 0 Å². The summed E-state index contributed by atoms with van der Waals surface area (Å²) in [6, 6.07) is 0. The number of hydrogen-bond acceptors (Lipinski definition) is 2. The Hall–Kier alpha value is -0.534. The molecule has 1 fully saturated rings. The van der Waals surface area contributed by atoms with Gasteiger partial charge in [0.15, 0.2) is 0 Å². The molecule has 0 radical (unpaired) electrons. The summed E-state index contributed by atoms with van der Waals surface area (Å²) >= 11 is 0.377. The number of allylic oxidation sites excluding steroid dienone is 1. The van der Waals surface area contributed by atoms with E-state index in [1.165, 1.54) is 12.8 Å². The number of carbonyl (C=O) groups is 1. The molecule has 1 rings (SSSR count). The molecule has 0 N–H and O–H groups in total. The number of rotatable bonds is 11. The SMILES string of the molecule is C=CCC[Se][C@@H]1[C@@H]([C@@H](C)O[Si](C)(C)C(C)(C)C)C(=O)N1CC#CCCCCC. The van der Waals surface area contributed by atoms with Crippen LogP contribution in [0, 0.1) is 17.8 Å². The van der Waals surface area contributed by atoms with Crippen LogP contribution < -0.4 is 0 Å². The summed E-state index contributed by atoms with van der Waals surface area (Å²) in [6.45, 7) is 20.0. The van der Waals surface area contributed by atoms with Crippen LogP contribution in [0.2, 0.25) is 23.5 Å². The number of nitrogens with zero attached hydrogens (tertiary/aromatic N) is 1. The first-order chi connectivity index (χ1) is 13.1. The van der Waals surface area contributed by atoms with Gasteiger partial charge in [0.2, 0.25) is 0 Å². The van der Waals surface area contributed by atoms with Crippen LogP contribution in [0.4, 0.5) is 0 Å². The zero-order chi connectivity index (χ0) is 21.4. The van der Waals surface area contributed by atoms with E-state index in [1.54, 1.807) is 0 Å². The number of β-lactam (4-membered cyclic amide) rings is 1. The van der Waals surface area contributed by atoms with Gasteiger partial charge < -0.3 is 0 Å². The van der Waals surface area contributed by atoms with Crippen molar-refractivity contribution in [1.29, 1.82) is 0 Å². The maximum atomic E-state index is 12.9. The third kappa shape index (κ3) is 7.06. The third-order valence-electron chi connectivity index (χ3n) is 5.87. The van der Waals surface area contributed by atoms with E-state index in [-0.39, 0.29) is 23.0 Å². The topological polar surface area (TPSA) is 29.5 Å². The Bertz CT molecular complexity index is 573. The molecule has 0 bridgehead atoms. The van der Waals surface area contributed by atoms with Crippen LogP contribution in [0.3, 0.4) is 0 Å². The predicted octanol–water partition coefficient (Wildman–Crippen LogP) is 5.46. The molecule has 0 aromatic rings. The van der Waals surface area contributed by atoms with Crippen molar-refractivity contribution in [2.45, 2.75) is 101 Å². The number of unbranched alkanes of at least 4 members (excludes halogenated alkanes) is 3. The van der Waals surface area contributed by atoms with E-state index in [0.29, 0.717) is 26.4 Å². The van der Waals surface area contributed by atoms with Crippen molar-refractivity contribution < 1.29 is 9.22 Å². The molecular weight excluding hydrogens is 429 g/mol. The molecule has 1 amide bonds. The molecule has 160 valence electrons. The van der Waals surface area contributed by atoms with Crippen LogP contribution in [0.1, 0.15) is 66.7 Å². The van der Waals surface area contributed by atoms with E-state index in [1.807, 2.05) is 11.0 Å². The first-order valence-corrected chi connectivity index (χ1v) is 15.8. The van der Waals surface area contributed by atoms with Gasteiger partial charge in [-0.05, 0) is 0 Å². The van der Waals surface area contributed by atoms with Crippen LogP contribution in [-0.4, -0.2) is 51.7 Å². The van der Waals surface area contributed by atoms with E-state index in [2.05, 4.69) is 66.1 Å². The number of hydrogen-bond donors (Lipinski definition) is 0. The van der Waals surface area contributed by atoms with Gasteiger partial charge in [-0.2, -0.15) is 0 Å². The molecule has 5 heteroatoms. The van der Waals surface area contributed by atoms with E-state index in [0.717, 1.165) is 24.6 Å². The molecule has 1 heterocycles. The van der Waals surface area contributed by atoms with Gasteiger partial charge in [0.1, 0.15) is 0 Å². The van der Waals surface area contributed by atoms with Gasteiger partial charge in [-0.3, -0.25) is 0 Å². The molecule has 28 heavy (non-hydrogen) atoms. The first-order valence-electron chi connectivity index (χ1n) is 10.7. The van der Waals surface area contributed by atoms with Crippen molar-refractivity contribution in [1.82, 2.24) is 4.90 Å². The first kappa shape index (κ1) is 25.5. The summed E-state index contributed by atoms with van der Waals surface area (Å²) in [5, 5.41) is 1.28. The summed E-state index contributed by atoms with van der Waals surface area (Å²) in [7, 11) is -1.88. The van der Waals surface area contributed by atoms with Crippen molar-refractivity contribution >= 4 is 29.2 Å². The van der Waals surface area contributed by atoms with Crippen LogP contribution in [0.15, 0.2) is 12.7 Å². The molecule has 3 atom stereocenters. The molecule has 3 nitrogen and oxygen atoms in total. The van der Waals surface area contributed by atoms with E-state index in [4.69, 9.17) is 4.43 Å². The number of carbonyl (C=O) groups excluding carboxylic acids is 1. The van der Waals surface area contributed by atoms with Crippen molar-refractivity contribution in [3.63, 3.8) is 0 Å². The average Bonchev–Trinajstić information content (AvgIpc) is 2.58. The van der Waals surface area contributed by atoms with E-state index < -0.39 is 8.32 Å². The Kier molecular flexibility index (Phi) is 10.6. The van der Waals surface area contributed by atoms with Crippen molar-refractivity contribution in [2.75, 3.05) is 6.54 Å². The van der Waals surface area contributed by atoms with Crippen molar-refractivity contribution in [2.24, 2.45) is 5.92 Å². The molecule has 0 unspecified atom stereocenters. The van der Waals surface area contributed by atoms with Crippen molar-refractivity contribution in [3.8, 4) is 11.8 Å². The van der Waals surface area contributed by atoms with Gasteiger partial charge in [-0.1, -0.05) is 0 Å². The molecular formula is C23H41NO2SeSi. The summed E-state index contributed by atoms with van der Waals surface area (Å²) < 4.78 is 6.58. The van der Waals surface area contributed by atoms with Gasteiger partial charge in [-0.25, -0.2) is 0 Å². The predicted molar refractivity (Wildman–Crippen MR) is 124 cm³/mol. The fourth-order valence-corrected chi connectivity index (χ4v) is 7.49. The Balaban J connectivity index is 2.76. The summed E-state index contributed by atoms with van der Waals surface area (Å²) in [4.78, 5) is 15.2. The van der Waals surface area contributed by atoms with Crippen LogP contribution in [-0.2, 0) is 9.22 Å². The van der Waals surface area contributed by atoms with Gasteiger partial charge >= 0.3 is 181 Å². The zero-order valence-corrected chi connectivity index (χ0v) is 21.9. The minimum atomic E-state index is -1.88. The minimum absolute atomic E-state index is 0.000770. The molecule has 0 spiro atoms. The van der Waals surface area contributed by atoms with E-state index in [9.17, 15) is 4.79 Å². The molecule has 1 aliphatic heterocycles. The Morgan fingerprint density at radius 1 is 1.32 bits per heavy atom. The number of amides is 1. The van der Waals surface area contributed by atoms with Gasteiger partial charge in [0, 0.05) is 0 Å². The quantitative estimate of drug-likeness (QED) is 0.132. The fraction of sp³-hybridized carbons (Fsp3) is 0.783. The second-order valence-corrected chi connectivity index (χ2v) is 16.6. The standard InChI is InChI=1S/C23H41NO2SeSi/c1-9-11-13-14-15-16-17-24-21(25)20(22(24)27-18-12-10-2)19(3)26-28(7,8)23(4,5)6/h10,19-20,22H,2,9,11-14,17-18H2,1,3-8H3/t19-,20+,22-/m1/s1. The van der Waals surface area contributed by atoms with Crippen molar-refractivity contribution in [3.05, 3.63) is 12.7 Å². The maximum absolute atomic E-state index is 12.9. The zero-order valence-electron chi connectivity index (χ0n) is 19.1. The molecule has 0 aromatic carbocycles. The van der Waals surface area contributed by atoms with Gasteiger partial charge in [0.05, 0.1) is 0 Å². The molecule has 1 saturated heterocycles. The fourth-order valence-electron chi connectivity index (χ4n) is 3.02. The average molecular weight is 471 g/mol. The van der Waals surface area contributed by atoms with Gasteiger partial charge in [-0.15, -0.1) is 0 Å². The molecule has 0 saturated carbocycles. The molecule has 0 aromatic heterocycles. The van der Waals surface area contributed by atoms with E-state index >= 15 is 0 Å². The van der Waals surface area contributed by atoms with Crippen LogP contribution in [0.25, 0.3) is 0 Å². The number of likely N-dealkylation sites (tertiary alicyclic amines) is 1. The Morgan fingerprint density at radius 2 is 2.00 bits per heavy atom. The summed E-state index contributed by atoms with van der Waals surface area (Å²) in [6.07, 6.45) is 7.53. The summed E-state index contributed by atoms with van der Waals surface area (Å²) in [5.74, 6) is 6.73.